The van der Waals surface area contributed by atoms with Crippen molar-refractivity contribution in [1.82, 2.24) is 25.0 Å². The molecule has 0 saturated heterocycles. The van der Waals surface area contributed by atoms with Gasteiger partial charge in [-0.15, -0.1) is 5.10 Å². The molecule has 3 rings (SSSR count). The van der Waals surface area contributed by atoms with E-state index in [-0.39, 0.29) is 53.3 Å². The second-order valence-corrected chi connectivity index (χ2v) is 8.80. The standard InChI is InChI=1S/C23H23ClF5N5O2/c1-12(2)16-9-14(31-32-21(16)17-10-34(3)33-22(17)23(27,28)29)4-5-15(35)6-13-7-18(24)30-20(8-13)36-11-19(25)26/h7-10,12,19H,4-6,11H2,1-3H3. The molecule has 0 unspecified atom stereocenters. The molecule has 3 aromatic heterocycles. The largest absolute Gasteiger partial charge is 0.472 e. The first-order valence-electron chi connectivity index (χ1n) is 10.9. The predicted molar refractivity (Wildman–Crippen MR) is 121 cm³/mol. The minimum absolute atomic E-state index is 0.00113. The molecule has 0 bridgehead atoms. The zero-order valence-electron chi connectivity index (χ0n) is 19.6. The summed E-state index contributed by atoms with van der Waals surface area (Å²) < 4.78 is 71.0. The Balaban J connectivity index is 1.74. The van der Waals surface area contributed by atoms with Gasteiger partial charge in [-0.3, -0.25) is 9.48 Å². The van der Waals surface area contributed by atoms with E-state index in [9.17, 15) is 26.7 Å². The average Bonchev–Trinajstić information content (AvgIpc) is 3.18. The first kappa shape index (κ1) is 27.4. The van der Waals surface area contributed by atoms with Crippen LogP contribution in [-0.2, 0) is 30.9 Å². The first-order chi connectivity index (χ1) is 16.8. The van der Waals surface area contributed by atoms with Crippen LogP contribution in [0.2, 0.25) is 5.15 Å². The first-order valence-corrected chi connectivity index (χ1v) is 11.3. The highest BCUT2D eigenvalue weighted by Gasteiger charge is 2.38. The van der Waals surface area contributed by atoms with E-state index in [2.05, 4.69) is 20.3 Å². The molecule has 0 amide bonds. The zero-order chi connectivity index (χ0) is 26.6. The fourth-order valence-electron chi connectivity index (χ4n) is 3.52. The van der Waals surface area contributed by atoms with Crippen molar-refractivity contribution >= 4 is 17.4 Å². The highest BCUT2D eigenvalue weighted by atomic mass is 35.5. The summed E-state index contributed by atoms with van der Waals surface area (Å²) in [5.74, 6) is -0.472. The molecule has 0 aliphatic rings. The maximum absolute atomic E-state index is 13.5. The normalized spacial score (nSPS) is 12.0. The summed E-state index contributed by atoms with van der Waals surface area (Å²) in [6.07, 6.45) is -5.85. The Morgan fingerprint density at radius 1 is 1.17 bits per heavy atom. The summed E-state index contributed by atoms with van der Waals surface area (Å²) in [4.78, 5) is 16.3. The summed E-state index contributed by atoms with van der Waals surface area (Å²) in [6, 6.07) is 4.45. The number of nitrogens with zero attached hydrogens (tertiary/aromatic N) is 5. The molecular formula is C23H23ClF5N5O2. The Kier molecular flexibility index (Phi) is 8.59. The molecule has 0 spiro atoms. The number of rotatable bonds is 10. The van der Waals surface area contributed by atoms with Crippen molar-refractivity contribution in [3.8, 4) is 17.1 Å². The van der Waals surface area contributed by atoms with Crippen molar-refractivity contribution < 1.29 is 31.5 Å². The molecule has 36 heavy (non-hydrogen) atoms. The molecule has 194 valence electrons. The summed E-state index contributed by atoms with van der Waals surface area (Å²) in [6.45, 7) is 2.79. The number of aromatic nitrogens is 5. The molecule has 0 N–H and O–H groups in total. The van der Waals surface area contributed by atoms with Gasteiger partial charge in [0.1, 0.15) is 16.6 Å². The topological polar surface area (TPSA) is 82.8 Å². The lowest BCUT2D eigenvalue weighted by atomic mass is 9.96. The Morgan fingerprint density at radius 3 is 2.53 bits per heavy atom. The van der Waals surface area contributed by atoms with Gasteiger partial charge in [-0.05, 0) is 35.6 Å². The molecule has 13 heteroatoms. The van der Waals surface area contributed by atoms with Crippen molar-refractivity contribution in [2.75, 3.05) is 6.61 Å². The summed E-state index contributed by atoms with van der Waals surface area (Å²) in [5.41, 5.74) is 0.322. The molecule has 3 aromatic rings. The molecule has 0 aliphatic carbocycles. The fraction of sp³-hybridized carbons (Fsp3) is 0.435. The molecule has 3 heterocycles. The summed E-state index contributed by atoms with van der Waals surface area (Å²) >= 11 is 5.89. The molecule has 7 nitrogen and oxygen atoms in total. The maximum Gasteiger partial charge on any atom is 0.435 e. The number of pyridine rings is 1. The van der Waals surface area contributed by atoms with Gasteiger partial charge in [-0.1, -0.05) is 25.4 Å². The van der Waals surface area contributed by atoms with Crippen molar-refractivity contribution in [3.63, 3.8) is 0 Å². The van der Waals surface area contributed by atoms with Gasteiger partial charge in [0.25, 0.3) is 6.43 Å². The third-order valence-corrected chi connectivity index (χ3v) is 5.29. The zero-order valence-corrected chi connectivity index (χ0v) is 20.4. The fourth-order valence-corrected chi connectivity index (χ4v) is 3.75. The monoisotopic (exact) mass is 531 g/mol. The molecule has 0 atom stereocenters. The van der Waals surface area contributed by atoms with Crippen molar-refractivity contribution in [2.24, 2.45) is 7.05 Å². The van der Waals surface area contributed by atoms with Gasteiger partial charge in [0.05, 0.1) is 11.3 Å². The van der Waals surface area contributed by atoms with Crippen LogP contribution in [0.4, 0.5) is 22.0 Å². The number of Topliss-reactive ketones (excluding diaryl/α,β-unsaturated/α-hetero) is 1. The highest BCUT2D eigenvalue weighted by Crippen LogP contribution is 2.37. The Bertz CT molecular complexity index is 1230. The number of carbonyl (C=O) groups is 1. The molecular weight excluding hydrogens is 509 g/mol. The second kappa shape index (κ2) is 11.3. The molecule has 0 aromatic carbocycles. The van der Waals surface area contributed by atoms with Gasteiger partial charge in [0.2, 0.25) is 5.88 Å². The van der Waals surface area contributed by atoms with Crippen molar-refractivity contribution in [2.45, 2.75) is 51.6 Å². The number of alkyl halides is 5. The number of hydrogen-bond donors (Lipinski definition) is 0. The van der Waals surface area contributed by atoms with E-state index in [4.69, 9.17) is 16.3 Å². The Morgan fingerprint density at radius 2 is 1.89 bits per heavy atom. The third-order valence-electron chi connectivity index (χ3n) is 5.10. The molecule has 0 aliphatic heterocycles. The van der Waals surface area contributed by atoms with E-state index in [1.165, 1.54) is 25.4 Å². The van der Waals surface area contributed by atoms with E-state index in [0.29, 0.717) is 16.8 Å². The van der Waals surface area contributed by atoms with Crippen LogP contribution in [0.1, 0.15) is 48.7 Å². The molecule has 0 radical (unpaired) electrons. The van der Waals surface area contributed by atoms with Crippen LogP contribution in [-0.4, -0.2) is 43.8 Å². The lowest BCUT2D eigenvalue weighted by Gasteiger charge is -2.13. The van der Waals surface area contributed by atoms with Crippen LogP contribution >= 0.6 is 11.6 Å². The lowest BCUT2D eigenvalue weighted by molar-refractivity contribution is -0.141. The third kappa shape index (κ3) is 7.19. The minimum Gasteiger partial charge on any atom is -0.472 e. The van der Waals surface area contributed by atoms with Crippen molar-refractivity contribution in [3.05, 3.63) is 52.1 Å². The van der Waals surface area contributed by atoms with Gasteiger partial charge in [0.15, 0.2) is 12.3 Å². The predicted octanol–water partition coefficient (Wildman–Crippen LogP) is 5.46. The van der Waals surface area contributed by atoms with Crippen molar-refractivity contribution in [1.29, 1.82) is 0 Å². The number of ketones is 1. The number of ether oxygens (including phenoxy) is 1. The van der Waals surface area contributed by atoms with Crippen LogP contribution in [0.5, 0.6) is 5.88 Å². The SMILES string of the molecule is CC(C)c1cc(CCC(=O)Cc2cc(Cl)nc(OCC(F)F)c2)nnc1-c1cn(C)nc1C(F)(F)F. The average molecular weight is 532 g/mol. The Hall–Kier alpha value is -3.15. The van der Waals surface area contributed by atoms with E-state index in [1.807, 2.05) is 13.8 Å². The lowest BCUT2D eigenvalue weighted by Crippen LogP contribution is -2.11. The second-order valence-electron chi connectivity index (χ2n) is 8.41. The van der Waals surface area contributed by atoms with Gasteiger partial charge >= 0.3 is 6.18 Å². The van der Waals surface area contributed by atoms with E-state index >= 15 is 0 Å². The van der Waals surface area contributed by atoms with Gasteiger partial charge in [-0.25, -0.2) is 13.8 Å². The number of hydrogen-bond acceptors (Lipinski definition) is 6. The van der Waals surface area contributed by atoms with Gasteiger partial charge in [0, 0.05) is 32.2 Å². The quantitative estimate of drug-likeness (QED) is 0.255. The van der Waals surface area contributed by atoms with E-state index < -0.39 is 24.9 Å². The van der Waals surface area contributed by atoms with Gasteiger partial charge in [-0.2, -0.15) is 23.4 Å². The smallest absolute Gasteiger partial charge is 0.435 e. The van der Waals surface area contributed by atoms with Gasteiger partial charge < -0.3 is 4.74 Å². The number of halogens is 6. The van der Waals surface area contributed by atoms with E-state index in [0.717, 1.165) is 4.68 Å². The number of aryl methyl sites for hydroxylation is 2. The minimum atomic E-state index is -4.65. The van der Waals surface area contributed by atoms with Crippen LogP contribution < -0.4 is 4.74 Å². The van der Waals surface area contributed by atoms with E-state index in [1.54, 1.807) is 6.07 Å². The summed E-state index contributed by atoms with van der Waals surface area (Å²) in [7, 11) is 1.39. The Labute approximate surface area is 208 Å². The molecule has 0 fully saturated rings. The highest BCUT2D eigenvalue weighted by molar-refractivity contribution is 6.29. The summed E-state index contributed by atoms with van der Waals surface area (Å²) in [5, 5.41) is 11.6. The maximum atomic E-state index is 13.5. The number of carbonyl (C=O) groups excluding carboxylic acids is 1. The van der Waals surface area contributed by atoms with Crippen LogP contribution in [0.15, 0.2) is 24.4 Å². The van der Waals surface area contributed by atoms with Crippen LogP contribution in [0.25, 0.3) is 11.3 Å². The molecule has 0 saturated carbocycles. The van der Waals surface area contributed by atoms with Crippen LogP contribution in [0.3, 0.4) is 0 Å². The van der Waals surface area contributed by atoms with Crippen LogP contribution in [0, 0.1) is 0 Å².